The summed E-state index contributed by atoms with van der Waals surface area (Å²) in [4.78, 5) is 4.70. The number of benzene rings is 3. The maximum Gasteiger partial charge on any atom is 0.0950 e. The van der Waals surface area contributed by atoms with Gasteiger partial charge in [0.05, 0.1) is 18.0 Å². The van der Waals surface area contributed by atoms with Crippen molar-refractivity contribution >= 4 is 27.8 Å². The quantitative estimate of drug-likeness (QED) is 0.635. The first kappa shape index (κ1) is 12.3. The molecule has 4 rings (SSSR count). The summed E-state index contributed by atoms with van der Waals surface area (Å²) in [5.41, 5.74) is 5.23. The van der Waals surface area contributed by atoms with Crippen molar-refractivity contribution in [3.05, 3.63) is 66.2 Å². The van der Waals surface area contributed by atoms with Gasteiger partial charge in [0.1, 0.15) is 0 Å². The van der Waals surface area contributed by atoms with Crippen LogP contribution in [0.2, 0.25) is 0 Å². The largest absolute Gasteiger partial charge is 0.355 e. The van der Waals surface area contributed by atoms with Gasteiger partial charge in [-0.3, -0.25) is 0 Å². The SMILES string of the molecule is Cc1c(N2CN(C)c3ccccc32)ccc2ccccc12. The van der Waals surface area contributed by atoms with Gasteiger partial charge in [0.25, 0.3) is 0 Å². The first-order valence-electron chi connectivity index (χ1n) is 7.32. The van der Waals surface area contributed by atoms with Crippen LogP contribution in [0.1, 0.15) is 5.56 Å². The Bertz CT molecular complexity index is 823. The summed E-state index contributed by atoms with van der Waals surface area (Å²) in [5, 5.41) is 2.64. The summed E-state index contributed by atoms with van der Waals surface area (Å²) >= 11 is 0. The normalized spacial score (nSPS) is 13.8. The molecule has 0 aliphatic carbocycles. The maximum atomic E-state index is 2.40. The number of para-hydroxylation sites is 2. The topological polar surface area (TPSA) is 6.48 Å². The minimum Gasteiger partial charge on any atom is -0.355 e. The van der Waals surface area contributed by atoms with Crippen molar-refractivity contribution in [3.8, 4) is 0 Å². The summed E-state index contributed by atoms with van der Waals surface area (Å²) in [5.74, 6) is 0. The van der Waals surface area contributed by atoms with Crippen LogP contribution in [0.25, 0.3) is 10.8 Å². The van der Waals surface area contributed by atoms with Crippen LogP contribution in [0.3, 0.4) is 0 Å². The highest BCUT2D eigenvalue weighted by molar-refractivity contribution is 5.93. The lowest BCUT2D eigenvalue weighted by atomic mass is 10.0. The van der Waals surface area contributed by atoms with E-state index < -0.39 is 0 Å². The maximum absolute atomic E-state index is 2.40. The van der Waals surface area contributed by atoms with Gasteiger partial charge in [-0.25, -0.2) is 0 Å². The summed E-state index contributed by atoms with van der Waals surface area (Å²) in [6, 6.07) is 21.7. The second-order valence-electron chi connectivity index (χ2n) is 5.69. The number of fused-ring (bicyclic) bond motifs is 2. The van der Waals surface area contributed by atoms with Gasteiger partial charge in [0.2, 0.25) is 0 Å². The molecular formula is C19H18N2. The molecule has 2 heteroatoms. The Morgan fingerprint density at radius 2 is 1.48 bits per heavy atom. The molecular weight excluding hydrogens is 256 g/mol. The van der Waals surface area contributed by atoms with E-state index in [1.807, 2.05) is 0 Å². The van der Waals surface area contributed by atoms with E-state index >= 15 is 0 Å². The van der Waals surface area contributed by atoms with Gasteiger partial charge in [-0.1, -0.05) is 42.5 Å². The Morgan fingerprint density at radius 3 is 2.33 bits per heavy atom. The van der Waals surface area contributed by atoms with E-state index in [0.717, 1.165) is 6.67 Å². The highest BCUT2D eigenvalue weighted by Gasteiger charge is 2.25. The van der Waals surface area contributed by atoms with Gasteiger partial charge in [-0.15, -0.1) is 0 Å². The number of rotatable bonds is 1. The molecule has 0 radical (unpaired) electrons. The van der Waals surface area contributed by atoms with Crippen LogP contribution < -0.4 is 9.80 Å². The molecule has 104 valence electrons. The third-order valence-corrected chi connectivity index (χ3v) is 4.40. The van der Waals surface area contributed by atoms with Crippen LogP contribution in [-0.4, -0.2) is 13.7 Å². The summed E-state index contributed by atoms with van der Waals surface area (Å²) < 4.78 is 0. The molecule has 0 fully saturated rings. The summed E-state index contributed by atoms with van der Waals surface area (Å²) in [6.45, 7) is 3.12. The highest BCUT2D eigenvalue weighted by atomic mass is 15.4. The Kier molecular flexibility index (Phi) is 2.64. The molecule has 2 nitrogen and oxygen atoms in total. The Hall–Kier alpha value is -2.48. The van der Waals surface area contributed by atoms with Crippen molar-refractivity contribution in [2.24, 2.45) is 0 Å². The minimum atomic E-state index is 0.901. The van der Waals surface area contributed by atoms with Gasteiger partial charge in [-0.05, 0) is 41.5 Å². The predicted octanol–water partition coefficient (Wildman–Crippen LogP) is 4.69. The predicted molar refractivity (Wildman–Crippen MR) is 90.5 cm³/mol. The van der Waals surface area contributed by atoms with E-state index in [9.17, 15) is 0 Å². The fourth-order valence-corrected chi connectivity index (χ4v) is 3.29. The fraction of sp³-hybridized carbons (Fsp3) is 0.158. The molecule has 0 saturated heterocycles. The lowest BCUT2D eigenvalue weighted by Crippen LogP contribution is -2.24. The zero-order valence-corrected chi connectivity index (χ0v) is 12.4. The smallest absolute Gasteiger partial charge is 0.0950 e. The van der Waals surface area contributed by atoms with Crippen molar-refractivity contribution in [2.75, 3.05) is 23.5 Å². The molecule has 0 atom stereocenters. The number of nitrogens with zero attached hydrogens (tertiary/aromatic N) is 2. The molecule has 0 aromatic heterocycles. The van der Waals surface area contributed by atoms with E-state index in [1.165, 1.54) is 33.4 Å². The highest BCUT2D eigenvalue weighted by Crippen LogP contribution is 2.41. The molecule has 0 amide bonds. The minimum absolute atomic E-state index is 0.901. The monoisotopic (exact) mass is 274 g/mol. The molecule has 1 aliphatic rings. The zero-order valence-electron chi connectivity index (χ0n) is 12.4. The number of anilines is 3. The van der Waals surface area contributed by atoms with Gasteiger partial charge >= 0.3 is 0 Å². The van der Waals surface area contributed by atoms with E-state index in [2.05, 4.69) is 84.4 Å². The molecule has 0 bridgehead atoms. The molecule has 3 aromatic carbocycles. The number of hydrogen-bond donors (Lipinski definition) is 0. The molecule has 0 saturated carbocycles. The number of hydrogen-bond acceptors (Lipinski definition) is 2. The van der Waals surface area contributed by atoms with Crippen LogP contribution in [0.4, 0.5) is 17.1 Å². The van der Waals surface area contributed by atoms with E-state index in [4.69, 9.17) is 0 Å². The zero-order chi connectivity index (χ0) is 14.4. The molecule has 1 aliphatic heterocycles. The van der Waals surface area contributed by atoms with Crippen molar-refractivity contribution in [1.82, 2.24) is 0 Å². The molecule has 21 heavy (non-hydrogen) atoms. The van der Waals surface area contributed by atoms with Crippen LogP contribution in [0, 0.1) is 6.92 Å². The second kappa shape index (κ2) is 4.52. The first-order valence-corrected chi connectivity index (χ1v) is 7.32. The standard InChI is InChI=1S/C19H18N2/c1-14-16-8-4-3-7-15(16)11-12-17(14)21-13-20(2)18-9-5-6-10-19(18)21/h3-12H,13H2,1-2H3. The van der Waals surface area contributed by atoms with Crippen LogP contribution in [0.15, 0.2) is 60.7 Å². The van der Waals surface area contributed by atoms with Gasteiger partial charge in [-0.2, -0.15) is 0 Å². The van der Waals surface area contributed by atoms with Crippen molar-refractivity contribution in [1.29, 1.82) is 0 Å². The Morgan fingerprint density at radius 1 is 0.762 bits per heavy atom. The average Bonchev–Trinajstić information content (AvgIpc) is 2.86. The van der Waals surface area contributed by atoms with E-state index in [-0.39, 0.29) is 0 Å². The second-order valence-corrected chi connectivity index (χ2v) is 5.69. The summed E-state index contributed by atoms with van der Waals surface area (Å²) in [7, 11) is 2.15. The third-order valence-electron chi connectivity index (χ3n) is 4.40. The van der Waals surface area contributed by atoms with Crippen LogP contribution >= 0.6 is 0 Å². The third kappa shape index (κ3) is 1.79. The molecule has 0 N–H and O–H groups in total. The van der Waals surface area contributed by atoms with Crippen LogP contribution in [0.5, 0.6) is 0 Å². The lowest BCUT2D eigenvalue weighted by molar-refractivity contribution is 0.947. The number of aryl methyl sites for hydroxylation is 1. The average molecular weight is 274 g/mol. The molecule has 3 aromatic rings. The van der Waals surface area contributed by atoms with Crippen molar-refractivity contribution in [3.63, 3.8) is 0 Å². The van der Waals surface area contributed by atoms with Gasteiger partial charge in [0, 0.05) is 12.7 Å². The van der Waals surface area contributed by atoms with Crippen LogP contribution in [-0.2, 0) is 0 Å². The summed E-state index contributed by atoms with van der Waals surface area (Å²) in [6.07, 6.45) is 0. The van der Waals surface area contributed by atoms with Gasteiger partial charge in [0.15, 0.2) is 0 Å². The van der Waals surface area contributed by atoms with E-state index in [0.29, 0.717) is 0 Å². The molecule has 0 spiro atoms. The Labute approximate surface area is 125 Å². The fourth-order valence-electron chi connectivity index (χ4n) is 3.29. The van der Waals surface area contributed by atoms with Crippen molar-refractivity contribution < 1.29 is 0 Å². The lowest BCUT2D eigenvalue weighted by Gasteiger charge is -2.22. The molecule has 0 unspecified atom stereocenters. The molecule has 1 heterocycles. The van der Waals surface area contributed by atoms with E-state index in [1.54, 1.807) is 0 Å². The Balaban J connectivity index is 1.90. The first-order chi connectivity index (χ1) is 10.3. The van der Waals surface area contributed by atoms with Crippen molar-refractivity contribution in [2.45, 2.75) is 6.92 Å². The van der Waals surface area contributed by atoms with Gasteiger partial charge < -0.3 is 9.80 Å².